The Labute approximate surface area is 239 Å². The van der Waals surface area contributed by atoms with Crippen molar-refractivity contribution in [1.82, 2.24) is 10.2 Å². The number of ether oxygens (including phenoxy) is 4. The van der Waals surface area contributed by atoms with Gasteiger partial charge in [-0.25, -0.2) is 0 Å². The maximum Gasteiger partial charge on any atom is 0.161 e. The van der Waals surface area contributed by atoms with Crippen molar-refractivity contribution in [1.29, 1.82) is 0 Å². The lowest BCUT2D eigenvalue weighted by Crippen LogP contribution is -2.46. The predicted molar refractivity (Wildman–Crippen MR) is 156 cm³/mol. The van der Waals surface area contributed by atoms with Gasteiger partial charge in [0.15, 0.2) is 23.0 Å². The fourth-order valence-electron chi connectivity index (χ4n) is 6.74. The van der Waals surface area contributed by atoms with E-state index < -0.39 is 0 Å². The fourth-order valence-corrected chi connectivity index (χ4v) is 6.74. The van der Waals surface area contributed by atoms with Gasteiger partial charge in [0.25, 0.3) is 0 Å². The Kier molecular flexibility index (Phi) is 11.9. The second-order valence-electron chi connectivity index (χ2n) is 10.2. The maximum absolute atomic E-state index is 5.68. The first-order valence-corrected chi connectivity index (χ1v) is 13.1. The molecule has 5 rings (SSSR count). The van der Waals surface area contributed by atoms with Gasteiger partial charge in [-0.3, -0.25) is 4.90 Å². The minimum absolute atomic E-state index is 0. The number of nitrogens with one attached hydrogen (secondary N) is 1. The molecule has 2 aromatic rings. The third-order valence-electron chi connectivity index (χ3n) is 8.64. The lowest BCUT2D eigenvalue weighted by Gasteiger charge is -2.48. The summed E-state index contributed by atoms with van der Waals surface area (Å²) in [5.41, 5.74) is 5.60. The van der Waals surface area contributed by atoms with Crippen LogP contribution in [0.4, 0.5) is 0 Å². The Bertz CT molecular complexity index is 1070. The predicted octanol–water partition coefficient (Wildman–Crippen LogP) is 4.96. The summed E-state index contributed by atoms with van der Waals surface area (Å²) in [6.45, 7) is 5.66. The molecule has 0 radical (unpaired) electrons. The Hall–Kier alpha value is -1.90. The Morgan fingerprint density at radius 2 is 1.34 bits per heavy atom. The van der Waals surface area contributed by atoms with Crippen molar-refractivity contribution in [3.05, 3.63) is 46.5 Å². The first kappa shape index (κ1) is 32.3. The molecule has 3 aliphatic rings. The van der Waals surface area contributed by atoms with Gasteiger partial charge in [-0.15, -0.1) is 24.8 Å². The number of methoxy groups -OCH3 is 4. The summed E-state index contributed by atoms with van der Waals surface area (Å²) in [6, 6.07) is 9.61. The molecule has 214 valence electrons. The lowest BCUT2D eigenvalue weighted by atomic mass is 9.72. The molecular weight excluding hydrogens is 527 g/mol. The van der Waals surface area contributed by atoms with Gasteiger partial charge in [-0.1, -0.05) is 13.3 Å². The van der Waals surface area contributed by atoms with Crippen molar-refractivity contribution in [3.8, 4) is 23.0 Å². The van der Waals surface area contributed by atoms with Crippen LogP contribution in [0.1, 0.15) is 60.5 Å². The number of benzene rings is 2. The lowest BCUT2D eigenvalue weighted by molar-refractivity contribution is 0.0434. The molecular formula is C29H44Cl2N2O5. The Morgan fingerprint density at radius 1 is 0.789 bits per heavy atom. The normalized spacial score (nSPS) is 23.7. The third-order valence-corrected chi connectivity index (χ3v) is 8.64. The molecule has 0 saturated carbocycles. The van der Waals surface area contributed by atoms with Crippen LogP contribution in [0.2, 0.25) is 0 Å². The van der Waals surface area contributed by atoms with Crippen LogP contribution in [0.3, 0.4) is 0 Å². The molecule has 1 saturated heterocycles. The van der Waals surface area contributed by atoms with Gasteiger partial charge in [0.05, 0.1) is 28.4 Å². The highest BCUT2D eigenvalue weighted by molar-refractivity contribution is 5.85. The first-order chi connectivity index (χ1) is 17.1. The summed E-state index contributed by atoms with van der Waals surface area (Å²) in [5.74, 6) is 4.69. The van der Waals surface area contributed by atoms with Crippen molar-refractivity contribution in [2.45, 2.75) is 51.1 Å². The molecule has 0 aliphatic carbocycles. The van der Waals surface area contributed by atoms with Crippen molar-refractivity contribution >= 4 is 24.8 Å². The Balaban J connectivity index is 0.00000169. The van der Waals surface area contributed by atoms with Crippen LogP contribution in [-0.4, -0.2) is 58.4 Å². The number of hydrogen-bond donors (Lipinski definition) is 1. The van der Waals surface area contributed by atoms with Crippen LogP contribution in [0, 0.1) is 11.8 Å². The number of fused-ring (bicyclic) bond motifs is 4. The van der Waals surface area contributed by atoms with Crippen molar-refractivity contribution in [2.24, 2.45) is 11.8 Å². The molecule has 2 aromatic carbocycles. The number of nitrogens with zero attached hydrogens (tertiary/aromatic N) is 1. The van der Waals surface area contributed by atoms with E-state index in [2.05, 4.69) is 41.4 Å². The average Bonchev–Trinajstić information content (AvgIpc) is 2.91. The van der Waals surface area contributed by atoms with E-state index in [0.29, 0.717) is 23.9 Å². The average molecular weight is 572 g/mol. The first-order valence-electron chi connectivity index (χ1n) is 13.1. The van der Waals surface area contributed by atoms with Crippen LogP contribution in [-0.2, 0) is 12.8 Å². The van der Waals surface area contributed by atoms with Gasteiger partial charge in [-0.05, 0) is 90.6 Å². The zero-order chi connectivity index (χ0) is 24.5. The van der Waals surface area contributed by atoms with Gasteiger partial charge in [0.2, 0.25) is 0 Å². The molecule has 1 fully saturated rings. The minimum atomic E-state index is 0. The molecule has 3 aliphatic heterocycles. The summed E-state index contributed by atoms with van der Waals surface area (Å²) >= 11 is 0. The molecule has 3 heterocycles. The molecule has 3 N–H and O–H groups in total. The SMILES string of the molecule is CC[C@H]1CN2CCc3cc(OC)c(OC)cc3[C@@H]2C[C@@H]1C[C@@H]1NCCc2cc(OC)c(OC)cc21.Cl.Cl.O. The summed E-state index contributed by atoms with van der Waals surface area (Å²) in [7, 11) is 6.90. The van der Waals surface area contributed by atoms with E-state index in [0.717, 1.165) is 55.4 Å². The maximum atomic E-state index is 5.68. The van der Waals surface area contributed by atoms with E-state index in [4.69, 9.17) is 18.9 Å². The standard InChI is InChI=1S/C29H40N2O4.2ClH.H2O/c1-6-18-17-31-10-8-20-14-27(33-3)29(35-5)16-23(20)25(31)12-21(18)11-24-22-15-28(34-4)26(32-2)13-19(22)7-9-30-24;;;/h13-16,18,21,24-25,30H,6-12,17H2,1-5H3;2*1H;1H2/t18-,21-,24-,25-;;;/m0.../s1. The highest BCUT2D eigenvalue weighted by Crippen LogP contribution is 2.48. The van der Waals surface area contributed by atoms with Gasteiger partial charge in [0.1, 0.15) is 0 Å². The molecule has 0 aromatic heterocycles. The smallest absolute Gasteiger partial charge is 0.161 e. The third kappa shape index (κ3) is 5.97. The Morgan fingerprint density at radius 3 is 1.92 bits per heavy atom. The molecule has 0 bridgehead atoms. The molecule has 0 spiro atoms. The second kappa shape index (κ2) is 13.9. The van der Waals surface area contributed by atoms with Crippen molar-refractivity contribution < 1.29 is 24.4 Å². The monoisotopic (exact) mass is 570 g/mol. The summed E-state index contributed by atoms with van der Waals surface area (Å²) in [6.07, 6.45) is 5.65. The van der Waals surface area contributed by atoms with E-state index in [1.54, 1.807) is 28.4 Å². The molecule has 0 amide bonds. The highest BCUT2D eigenvalue weighted by atomic mass is 35.5. The zero-order valence-electron chi connectivity index (χ0n) is 23.2. The minimum Gasteiger partial charge on any atom is -0.493 e. The molecule has 7 nitrogen and oxygen atoms in total. The number of piperidine rings is 1. The van der Waals surface area contributed by atoms with Crippen LogP contribution >= 0.6 is 24.8 Å². The number of halogens is 2. The van der Waals surface area contributed by atoms with E-state index in [9.17, 15) is 0 Å². The molecule has 9 heteroatoms. The number of hydrogen-bond acceptors (Lipinski definition) is 6. The van der Waals surface area contributed by atoms with Crippen molar-refractivity contribution in [3.63, 3.8) is 0 Å². The van der Waals surface area contributed by atoms with Crippen molar-refractivity contribution in [2.75, 3.05) is 48.1 Å². The molecule has 38 heavy (non-hydrogen) atoms. The number of rotatable bonds is 7. The fraction of sp³-hybridized carbons (Fsp3) is 0.586. The second-order valence-corrected chi connectivity index (χ2v) is 10.2. The van der Waals surface area contributed by atoms with Gasteiger partial charge < -0.3 is 29.7 Å². The van der Waals surface area contributed by atoms with Crippen LogP contribution < -0.4 is 24.3 Å². The van der Waals surface area contributed by atoms with E-state index in [1.807, 2.05) is 0 Å². The van der Waals surface area contributed by atoms with E-state index in [1.165, 1.54) is 41.6 Å². The van der Waals surface area contributed by atoms with Gasteiger partial charge >= 0.3 is 0 Å². The zero-order valence-corrected chi connectivity index (χ0v) is 24.8. The van der Waals surface area contributed by atoms with Crippen LogP contribution in [0.5, 0.6) is 23.0 Å². The molecule has 0 unspecified atom stereocenters. The quantitative estimate of drug-likeness (QED) is 0.506. The van der Waals surface area contributed by atoms with Gasteiger partial charge in [-0.2, -0.15) is 0 Å². The van der Waals surface area contributed by atoms with Crippen LogP contribution in [0.15, 0.2) is 24.3 Å². The largest absolute Gasteiger partial charge is 0.493 e. The topological polar surface area (TPSA) is 83.7 Å². The molecule has 4 atom stereocenters. The van der Waals surface area contributed by atoms with E-state index >= 15 is 0 Å². The summed E-state index contributed by atoms with van der Waals surface area (Å²) in [4.78, 5) is 2.72. The summed E-state index contributed by atoms with van der Waals surface area (Å²) < 4.78 is 22.5. The van der Waals surface area contributed by atoms with Gasteiger partial charge in [0, 0.05) is 25.2 Å². The highest BCUT2D eigenvalue weighted by Gasteiger charge is 2.40. The van der Waals surface area contributed by atoms with E-state index in [-0.39, 0.29) is 30.3 Å². The van der Waals surface area contributed by atoms with Crippen LogP contribution in [0.25, 0.3) is 0 Å². The summed E-state index contributed by atoms with van der Waals surface area (Å²) in [5, 5.41) is 3.83.